The molecule has 0 bridgehead atoms. The summed E-state index contributed by atoms with van der Waals surface area (Å²) in [6, 6.07) is 35.2. The van der Waals surface area contributed by atoms with Crippen molar-refractivity contribution in [1.82, 2.24) is 9.55 Å². The van der Waals surface area contributed by atoms with Gasteiger partial charge >= 0.3 is 0 Å². The Hall–Kier alpha value is -4.88. The summed E-state index contributed by atoms with van der Waals surface area (Å²) in [6.45, 7) is 0. The molecule has 0 saturated carbocycles. The zero-order valence-corrected chi connectivity index (χ0v) is 18.1. The quantitative estimate of drug-likeness (QED) is 0.281. The lowest BCUT2D eigenvalue weighted by atomic mass is 10.1. The van der Waals surface area contributed by atoms with Gasteiger partial charge in [-0.1, -0.05) is 48.5 Å². The van der Waals surface area contributed by atoms with Crippen LogP contribution in [0, 0.1) is 11.3 Å². The van der Waals surface area contributed by atoms with Crippen LogP contribution in [0.3, 0.4) is 0 Å². The van der Waals surface area contributed by atoms with E-state index in [0.717, 1.165) is 49.8 Å². The Bertz CT molecular complexity index is 1920. The third-order valence-corrected chi connectivity index (χ3v) is 6.49. The number of nitrogens with zero attached hydrogens (tertiary/aromatic N) is 3. The predicted molar refractivity (Wildman–Crippen MR) is 136 cm³/mol. The molecule has 0 aliphatic carbocycles. The zero-order chi connectivity index (χ0) is 22.6. The van der Waals surface area contributed by atoms with Gasteiger partial charge in [-0.15, -0.1) is 0 Å². The van der Waals surface area contributed by atoms with E-state index < -0.39 is 0 Å². The van der Waals surface area contributed by atoms with Crippen molar-refractivity contribution in [3.05, 3.63) is 109 Å². The average Bonchev–Trinajstić information content (AvgIpc) is 3.44. The molecule has 0 amide bonds. The van der Waals surface area contributed by atoms with Crippen LogP contribution in [0.15, 0.2) is 108 Å². The number of hydrogen-bond donors (Lipinski definition) is 0. The van der Waals surface area contributed by atoms with Crippen molar-refractivity contribution in [1.29, 1.82) is 5.26 Å². The molecule has 0 N–H and O–H groups in total. The van der Waals surface area contributed by atoms with Crippen molar-refractivity contribution >= 4 is 43.7 Å². The molecule has 3 heterocycles. The molecule has 0 aliphatic rings. The summed E-state index contributed by atoms with van der Waals surface area (Å²) in [7, 11) is 0. The Balaban J connectivity index is 1.55. The largest absolute Gasteiger partial charge is 0.456 e. The van der Waals surface area contributed by atoms with E-state index in [1.54, 1.807) is 12.3 Å². The van der Waals surface area contributed by atoms with E-state index in [-0.39, 0.29) is 0 Å². The summed E-state index contributed by atoms with van der Waals surface area (Å²) in [4.78, 5) is 4.24. The maximum Gasteiger partial charge on any atom is 0.140 e. The van der Waals surface area contributed by atoms with Crippen molar-refractivity contribution in [3.8, 4) is 22.9 Å². The minimum atomic E-state index is 0.415. The van der Waals surface area contributed by atoms with Gasteiger partial charge in [-0.25, -0.2) is 4.98 Å². The van der Waals surface area contributed by atoms with Crippen molar-refractivity contribution in [2.45, 2.75) is 0 Å². The molecule has 34 heavy (non-hydrogen) atoms. The number of nitriles is 1. The summed E-state index contributed by atoms with van der Waals surface area (Å²) in [5.74, 6) is 0. The fraction of sp³-hybridized carbons (Fsp3) is 0. The number of para-hydroxylation sites is 2. The number of aromatic nitrogens is 2. The summed E-state index contributed by atoms with van der Waals surface area (Å²) < 4.78 is 8.49. The van der Waals surface area contributed by atoms with Crippen LogP contribution in [0.1, 0.15) is 5.69 Å². The molecule has 0 spiro atoms. The van der Waals surface area contributed by atoms with E-state index >= 15 is 0 Å². The number of pyridine rings is 1. The molecule has 4 heteroatoms. The molecule has 4 aromatic carbocycles. The monoisotopic (exact) mass is 435 g/mol. The van der Waals surface area contributed by atoms with E-state index in [1.165, 1.54) is 10.8 Å². The molecule has 0 saturated heterocycles. The molecule has 7 rings (SSSR count). The van der Waals surface area contributed by atoms with Crippen LogP contribution < -0.4 is 0 Å². The van der Waals surface area contributed by atoms with Crippen LogP contribution in [-0.4, -0.2) is 9.55 Å². The molecule has 4 nitrogen and oxygen atoms in total. The number of fused-ring (bicyclic) bond motifs is 7. The molecule has 7 aromatic rings. The molecule has 158 valence electrons. The predicted octanol–water partition coefficient (Wildman–Crippen LogP) is 7.62. The summed E-state index contributed by atoms with van der Waals surface area (Å²) >= 11 is 0. The van der Waals surface area contributed by atoms with Gasteiger partial charge in [0, 0.05) is 39.0 Å². The average molecular weight is 435 g/mol. The molecule has 0 fully saturated rings. The first-order valence-electron chi connectivity index (χ1n) is 11.1. The van der Waals surface area contributed by atoms with Crippen LogP contribution >= 0.6 is 0 Å². The molecular weight excluding hydrogens is 418 g/mol. The van der Waals surface area contributed by atoms with Gasteiger partial charge in [-0.2, -0.15) is 5.26 Å². The van der Waals surface area contributed by atoms with Crippen molar-refractivity contribution in [2.24, 2.45) is 0 Å². The van der Waals surface area contributed by atoms with Gasteiger partial charge in [0.25, 0.3) is 0 Å². The minimum absolute atomic E-state index is 0.415. The number of hydrogen-bond acceptors (Lipinski definition) is 3. The van der Waals surface area contributed by atoms with Gasteiger partial charge < -0.3 is 8.98 Å². The first-order chi connectivity index (χ1) is 16.8. The Morgan fingerprint density at radius 3 is 2.38 bits per heavy atom. The van der Waals surface area contributed by atoms with Crippen LogP contribution in [0.5, 0.6) is 0 Å². The Labute approximate surface area is 194 Å². The van der Waals surface area contributed by atoms with Crippen molar-refractivity contribution in [3.63, 3.8) is 0 Å². The summed E-state index contributed by atoms with van der Waals surface area (Å²) in [6.07, 6.45) is 1.75. The maximum atomic E-state index is 9.07. The summed E-state index contributed by atoms with van der Waals surface area (Å²) in [5, 5.41) is 13.7. The Morgan fingerprint density at radius 1 is 0.676 bits per heavy atom. The van der Waals surface area contributed by atoms with E-state index in [0.29, 0.717) is 5.69 Å². The first kappa shape index (κ1) is 18.7. The second kappa shape index (κ2) is 7.06. The molecule has 0 unspecified atom stereocenters. The standard InChI is InChI=1S/C30H17N3O/c31-17-21-13-12-20(18-32-21)19-6-5-7-22(16-19)33-25-10-3-1-8-23(25)29-26(33)14-15-28-30(29)24-9-2-4-11-27(24)34-28/h1-16,18H. The zero-order valence-electron chi connectivity index (χ0n) is 18.1. The summed E-state index contributed by atoms with van der Waals surface area (Å²) in [5.41, 5.74) is 7.59. The molecular formula is C30H17N3O. The molecule has 0 aliphatic heterocycles. The lowest BCUT2D eigenvalue weighted by molar-refractivity contribution is 0.669. The van der Waals surface area contributed by atoms with Gasteiger partial charge in [-0.3, -0.25) is 0 Å². The highest BCUT2D eigenvalue weighted by molar-refractivity contribution is 6.27. The molecule has 0 atom stereocenters. The van der Waals surface area contributed by atoms with Gasteiger partial charge in [0.15, 0.2) is 0 Å². The third kappa shape index (κ3) is 2.61. The van der Waals surface area contributed by atoms with E-state index in [4.69, 9.17) is 9.68 Å². The van der Waals surface area contributed by atoms with Crippen LogP contribution in [0.4, 0.5) is 0 Å². The van der Waals surface area contributed by atoms with Crippen molar-refractivity contribution < 1.29 is 4.42 Å². The highest BCUT2D eigenvalue weighted by atomic mass is 16.3. The normalized spacial score (nSPS) is 11.5. The molecule has 3 aromatic heterocycles. The number of rotatable bonds is 2. The Morgan fingerprint density at radius 2 is 1.53 bits per heavy atom. The third-order valence-electron chi connectivity index (χ3n) is 6.49. The maximum absolute atomic E-state index is 9.07. The van der Waals surface area contributed by atoms with Crippen LogP contribution in [-0.2, 0) is 0 Å². The van der Waals surface area contributed by atoms with Crippen molar-refractivity contribution in [2.75, 3.05) is 0 Å². The Kier molecular flexibility index (Phi) is 3.88. The lowest BCUT2D eigenvalue weighted by Gasteiger charge is -2.10. The highest BCUT2D eigenvalue weighted by Gasteiger charge is 2.18. The lowest BCUT2D eigenvalue weighted by Crippen LogP contribution is -1.94. The smallest absolute Gasteiger partial charge is 0.140 e. The van der Waals surface area contributed by atoms with Crippen LogP contribution in [0.25, 0.3) is 60.6 Å². The van der Waals surface area contributed by atoms with E-state index in [2.05, 4.69) is 88.4 Å². The highest BCUT2D eigenvalue weighted by Crippen LogP contribution is 2.41. The topological polar surface area (TPSA) is 54.8 Å². The van der Waals surface area contributed by atoms with Gasteiger partial charge in [0.1, 0.15) is 22.9 Å². The van der Waals surface area contributed by atoms with E-state index in [1.807, 2.05) is 18.2 Å². The number of furan rings is 1. The first-order valence-corrected chi connectivity index (χ1v) is 11.1. The fourth-order valence-corrected chi connectivity index (χ4v) is 5.01. The molecule has 0 radical (unpaired) electrons. The second-order valence-corrected chi connectivity index (χ2v) is 8.38. The SMILES string of the molecule is N#Cc1ccc(-c2cccc(-n3c4ccccc4c4c5c(ccc43)oc3ccccc35)c2)cn1. The minimum Gasteiger partial charge on any atom is -0.456 e. The number of benzene rings is 4. The second-order valence-electron chi connectivity index (χ2n) is 8.38. The van der Waals surface area contributed by atoms with E-state index in [9.17, 15) is 0 Å². The van der Waals surface area contributed by atoms with Gasteiger partial charge in [0.2, 0.25) is 0 Å². The van der Waals surface area contributed by atoms with Gasteiger partial charge in [0.05, 0.1) is 11.0 Å². The van der Waals surface area contributed by atoms with Gasteiger partial charge in [-0.05, 0) is 54.1 Å². The fourth-order valence-electron chi connectivity index (χ4n) is 5.01. The van der Waals surface area contributed by atoms with Crippen LogP contribution in [0.2, 0.25) is 0 Å².